The maximum Gasteiger partial charge on any atom is 0.416 e. The molecule has 0 saturated carbocycles. The average Bonchev–Trinajstić information content (AvgIpc) is 3.37. The van der Waals surface area contributed by atoms with E-state index < -0.39 is 23.6 Å². The van der Waals surface area contributed by atoms with Gasteiger partial charge in [-0.3, -0.25) is 19.4 Å². The molecule has 202 valence electrons. The van der Waals surface area contributed by atoms with Crippen molar-refractivity contribution in [2.24, 2.45) is 5.73 Å². The number of carbonyl (C=O) groups excluding carboxylic acids is 2. The van der Waals surface area contributed by atoms with Crippen LogP contribution in [0.1, 0.15) is 23.4 Å². The smallest absolute Gasteiger partial charge is 0.416 e. The molecule has 0 spiro atoms. The molecule has 0 bridgehead atoms. The van der Waals surface area contributed by atoms with Gasteiger partial charge >= 0.3 is 6.18 Å². The van der Waals surface area contributed by atoms with E-state index in [0.717, 1.165) is 43.1 Å². The highest BCUT2D eigenvalue weighted by molar-refractivity contribution is 8.26. The summed E-state index contributed by atoms with van der Waals surface area (Å²) in [4.78, 5) is 32.1. The molecule has 0 atom stereocenters. The Morgan fingerprint density at radius 3 is 2.71 bits per heavy atom. The van der Waals surface area contributed by atoms with Gasteiger partial charge in [0.15, 0.2) is 5.76 Å². The fourth-order valence-electron chi connectivity index (χ4n) is 3.68. The second kappa shape index (κ2) is 12.0. The molecule has 0 aliphatic carbocycles. The number of halogens is 4. The van der Waals surface area contributed by atoms with Gasteiger partial charge in [-0.25, -0.2) is 4.98 Å². The van der Waals surface area contributed by atoms with Gasteiger partial charge in [0.1, 0.15) is 10.0 Å². The lowest BCUT2D eigenvalue weighted by atomic mass is 10.1. The largest absolute Gasteiger partial charge is 0.436 e. The quantitative estimate of drug-likeness (QED) is 0.358. The van der Waals surface area contributed by atoms with E-state index in [2.05, 4.69) is 9.88 Å². The lowest BCUT2D eigenvalue weighted by Gasteiger charge is -2.25. The Kier molecular flexibility index (Phi) is 8.93. The van der Waals surface area contributed by atoms with Crippen LogP contribution in [0.25, 0.3) is 23.6 Å². The molecule has 2 N–H and O–H groups in total. The van der Waals surface area contributed by atoms with Crippen LogP contribution in [0.3, 0.4) is 0 Å². The SMILES string of the molecule is NC(=O)CCN1C(=O)/C(=C/c2oc(-c3cc(C(F)(F)F)ccc3Cl)nc2/C=C/CN2CCOCC2)SC1=S. The van der Waals surface area contributed by atoms with E-state index in [9.17, 15) is 22.8 Å². The number of thiocarbonyl (C=S) groups is 1. The molecular formula is C24H22ClF3N4O4S2. The van der Waals surface area contributed by atoms with Crippen molar-refractivity contribution in [3.05, 3.63) is 51.2 Å². The highest BCUT2D eigenvalue weighted by atomic mass is 35.5. The van der Waals surface area contributed by atoms with Crippen molar-refractivity contribution in [3.63, 3.8) is 0 Å². The number of primary amides is 1. The van der Waals surface area contributed by atoms with Gasteiger partial charge in [-0.15, -0.1) is 0 Å². The van der Waals surface area contributed by atoms with E-state index >= 15 is 0 Å². The Morgan fingerprint density at radius 1 is 1.29 bits per heavy atom. The zero-order valence-electron chi connectivity index (χ0n) is 19.8. The molecule has 1 aromatic heterocycles. The van der Waals surface area contributed by atoms with Gasteiger partial charge < -0.3 is 14.9 Å². The van der Waals surface area contributed by atoms with Crippen LogP contribution in [0.2, 0.25) is 5.02 Å². The number of nitrogens with two attached hydrogens (primary N) is 1. The summed E-state index contributed by atoms with van der Waals surface area (Å²) in [5.41, 5.74) is 4.53. The summed E-state index contributed by atoms with van der Waals surface area (Å²) in [5.74, 6) is -1.02. The van der Waals surface area contributed by atoms with E-state index in [0.29, 0.717) is 25.5 Å². The number of alkyl halides is 3. The second-order valence-electron chi connectivity index (χ2n) is 8.33. The van der Waals surface area contributed by atoms with Crippen LogP contribution in [0.5, 0.6) is 0 Å². The molecule has 2 aromatic rings. The summed E-state index contributed by atoms with van der Waals surface area (Å²) in [6.45, 7) is 3.39. The number of thioether (sulfide) groups is 1. The standard InChI is InChI=1S/C24H22ClF3N4O4S2/c25-16-4-3-14(24(26,27)28)12-15(16)21-30-17(2-1-6-31-8-10-35-11-9-31)18(36-21)13-19-22(34)32(23(37)38-19)7-5-20(29)33/h1-4,12-13H,5-11H2,(H2,29,33)/b2-1+,19-13-. The van der Waals surface area contributed by atoms with Crippen LogP contribution in [0.4, 0.5) is 13.2 Å². The van der Waals surface area contributed by atoms with Gasteiger partial charge in [0.2, 0.25) is 11.8 Å². The van der Waals surface area contributed by atoms with Gasteiger partial charge in [-0.05, 0) is 24.3 Å². The number of oxazole rings is 1. The molecular weight excluding hydrogens is 565 g/mol. The number of hydrogen-bond acceptors (Lipinski definition) is 8. The predicted octanol–water partition coefficient (Wildman–Crippen LogP) is 4.44. The van der Waals surface area contributed by atoms with E-state index in [1.54, 1.807) is 6.08 Å². The number of morpholine rings is 1. The number of benzene rings is 1. The molecule has 2 amide bonds. The molecule has 2 saturated heterocycles. The van der Waals surface area contributed by atoms with E-state index in [-0.39, 0.29) is 44.4 Å². The first-order valence-corrected chi connectivity index (χ1v) is 13.0. The molecule has 4 rings (SSSR count). The molecule has 0 radical (unpaired) electrons. The zero-order valence-corrected chi connectivity index (χ0v) is 22.2. The number of carbonyl (C=O) groups is 2. The summed E-state index contributed by atoms with van der Waals surface area (Å²) < 4.78 is 51.4. The molecule has 38 heavy (non-hydrogen) atoms. The minimum Gasteiger partial charge on any atom is -0.436 e. The fraction of sp³-hybridized carbons (Fsp3) is 0.333. The third-order valence-electron chi connectivity index (χ3n) is 5.67. The van der Waals surface area contributed by atoms with E-state index in [1.807, 2.05) is 6.08 Å². The van der Waals surface area contributed by atoms with Crippen molar-refractivity contribution in [2.75, 3.05) is 39.4 Å². The predicted molar refractivity (Wildman–Crippen MR) is 142 cm³/mol. The minimum atomic E-state index is -4.59. The van der Waals surface area contributed by atoms with Gasteiger partial charge in [-0.1, -0.05) is 41.7 Å². The molecule has 8 nitrogen and oxygen atoms in total. The Morgan fingerprint density at radius 2 is 2.03 bits per heavy atom. The van der Waals surface area contributed by atoms with Crippen LogP contribution in [0.15, 0.2) is 33.6 Å². The van der Waals surface area contributed by atoms with Crippen molar-refractivity contribution in [1.29, 1.82) is 0 Å². The lowest BCUT2D eigenvalue weighted by Crippen LogP contribution is -2.36. The Labute approximate surface area is 230 Å². The first-order chi connectivity index (χ1) is 18.0. The van der Waals surface area contributed by atoms with E-state index in [1.165, 1.54) is 11.0 Å². The van der Waals surface area contributed by atoms with Gasteiger partial charge in [0, 0.05) is 38.7 Å². The lowest BCUT2D eigenvalue weighted by molar-refractivity contribution is -0.137. The highest BCUT2D eigenvalue weighted by Crippen LogP contribution is 2.38. The van der Waals surface area contributed by atoms with Crippen LogP contribution >= 0.6 is 35.6 Å². The molecule has 2 aliphatic heterocycles. The van der Waals surface area contributed by atoms with Crippen molar-refractivity contribution in [1.82, 2.24) is 14.8 Å². The summed E-state index contributed by atoms with van der Waals surface area (Å²) in [7, 11) is 0. The third kappa shape index (κ3) is 6.83. The van der Waals surface area contributed by atoms with Crippen molar-refractivity contribution >= 4 is 63.9 Å². The molecule has 14 heteroatoms. The number of amides is 2. The summed E-state index contributed by atoms with van der Waals surface area (Å²) in [5, 5.41) is 0.0208. The van der Waals surface area contributed by atoms with Gasteiger partial charge in [0.05, 0.1) is 34.3 Å². The number of hydrogen-bond donors (Lipinski definition) is 1. The molecule has 1 aromatic carbocycles. The van der Waals surface area contributed by atoms with Crippen LogP contribution in [-0.2, 0) is 20.5 Å². The van der Waals surface area contributed by atoms with Gasteiger partial charge in [0.25, 0.3) is 5.91 Å². The van der Waals surface area contributed by atoms with Crippen LogP contribution < -0.4 is 5.73 Å². The summed E-state index contributed by atoms with van der Waals surface area (Å²) in [6, 6.07) is 2.86. The van der Waals surface area contributed by atoms with Crippen molar-refractivity contribution < 1.29 is 31.9 Å². The average molecular weight is 587 g/mol. The van der Waals surface area contributed by atoms with E-state index in [4.69, 9.17) is 38.7 Å². The topological polar surface area (TPSA) is 102 Å². The summed E-state index contributed by atoms with van der Waals surface area (Å²) >= 11 is 12.5. The Hall–Kier alpha value is -2.71. The van der Waals surface area contributed by atoms with Crippen molar-refractivity contribution in [2.45, 2.75) is 12.6 Å². The van der Waals surface area contributed by atoms with Crippen molar-refractivity contribution in [3.8, 4) is 11.5 Å². The normalized spacial score (nSPS) is 18.3. The Bertz CT molecular complexity index is 1310. The molecule has 2 fully saturated rings. The number of nitrogens with zero attached hydrogens (tertiary/aromatic N) is 3. The monoisotopic (exact) mass is 586 g/mol. The number of aromatic nitrogens is 1. The van der Waals surface area contributed by atoms with Gasteiger partial charge in [-0.2, -0.15) is 13.2 Å². The summed E-state index contributed by atoms with van der Waals surface area (Å²) in [6.07, 6.45) is 0.292. The minimum absolute atomic E-state index is 0.0208. The highest BCUT2D eigenvalue weighted by Gasteiger charge is 2.34. The molecule has 3 heterocycles. The maximum atomic E-state index is 13.3. The molecule has 0 unspecified atom stereocenters. The molecule has 2 aliphatic rings. The maximum absolute atomic E-state index is 13.3. The zero-order chi connectivity index (χ0) is 27.4. The fourth-order valence-corrected chi connectivity index (χ4v) is 5.16. The second-order valence-corrected chi connectivity index (χ2v) is 10.4. The first-order valence-electron chi connectivity index (χ1n) is 11.4. The van der Waals surface area contributed by atoms with Crippen LogP contribution in [-0.4, -0.2) is 70.3 Å². The van der Waals surface area contributed by atoms with Crippen LogP contribution in [0, 0.1) is 0 Å². The first kappa shape index (κ1) is 28.3. The number of ether oxygens (including phenoxy) is 1. The third-order valence-corrected chi connectivity index (χ3v) is 7.37. The Balaban J connectivity index is 1.68. The number of rotatable bonds is 8.